The number of rotatable bonds is 4. The predicted molar refractivity (Wildman–Crippen MR) is 77.0 cm³/mol. The van der Waals surface area contributed by atoms with E-state index in [-0.39, 0.29) is 11.9 Å². The largest absolute Gasteiger partial charge is 0.399 e. The van der Waals surface area contributed by atoms with Gasteiger partial charge in [-0.05, 0) is 31.5 Å². The molecule has 1 aromatic carbocycles. The Bertz CT molecular complexity index is 590. The molecule has 5 nitrogen and oxygen atoms in total. The zero-order valence-electron chi connectivity index (χ0n) is 11.6. The number of nitrogens with one attached hydrogen (secondary N) is 1. The fraction of sp³-hybridized carbons (Fsp3) is 0.429. The van der Waals surface area contributed by atoms with Crippen LogP contribution in [-0.2, 0) is 0 Å². The van der Waals surface area contributed by atoms with Crippen LogP contribution < -0.4 is 5.73 Å². The van der Waals surface area contributed by atoms with E-state index in [9.17, 15) is 4.79 Å². The first-order valence-electron chi connectivity index (χ1n) is 6.55. The molecule has 0 saturated heterocycles. The van der Waals surface area contributed by atoms with Crippen molar-refractivity contribution in [3.63, 3.8) is 0 Å². The molecule has 1 unspecified atom stereocenters. The van der Waals surface area contributed by atoms with Crippen LogP contribution in [0.5, 0.6) is 0 Å². The zero-order valence-corrected chi connectivity index (χ0v) is 11.6. The van der Waals surface area contributed by atoms with Gasteiger partial charge in [-0.1, -0.05) is 13.3 Å². The first kappa shape index (κ1) is 13.4. The Hall–Kier alpha value is -2.04. The number of amides is 1. The molecule has 0 spiro atoms. The van der Waals surface area contributed by atoms with E-state index < -0.39 is 0 Å². The minimum Gasteiger partial charge on any atom is -0.399 e. The maximum absolute atomic E-state index is 12.4. The van der Waals surface area contributed by atoms with Crippen molar-refractivity contribution in [2.45, 2.75) is 32.7 Å². The molecule has 0 fully saturated rings. The Morgan fingerprint density at radius 1 is 1.53 bits per heavy atom. The number of hydrogen-bond acceptors (Lipinski definition) is 3. The van der Waals surface area contributed by atoms with Crippen LogP contribution in [0.25, 0.3) is 10.9 Å². The highest BCUT2D eigenvalue weighted by Crippen LogP contribution is 2.20. The summed E-state index contributed by atoms with van der Waals surface area (Å²) in [5, 5.41) is 7.78. The van der Waals surface area contributed by atoms with E-state index in [2.05, 4.69) is 17.1 Å². The van der Waals surface area contributed by atoms with Crippen LogP contribution in [0.1, 0.15) is 37.2 Å². The van der Waals surface area contributed by atoms with E-state index in [4.69, 9.17) is 5.73 Å². The van der Waals surface area contributed by atoms with Crippen LogP contribution in [0.3, 0.4) is 0 Å². The van der Waals surface area contributed by atoms with Crippen LogP contribution in [0.4, 0.5) is 5.69 Å². The van der Waals surface area contributed by atoms with E-state index in [1.54, 1.807) is 17.0 Å². The SMILES string of the molecule is CCCC(C)N(C)C(=O)c1n[nH]c2ccc(N)cc12. The predicted octanol–water partition coefficient (Wildman–Crippen LogP) is 2.41. The third kappa shape index (κ3) is 2.54. The number of nitrogens with two attached hydrogens (primary N) is 1. The average Bonchev–Trinajstić information content (AvgIpc) is 2.80. The number of benzene rings is 1. The quantitative estimate of drug-likeness (QED) is 0.829. The van der Waals surface area contributed by atoms with Gasteiger partial charge in [-0.3, -0.25) is 9.89 Å². The molecule has 102 valence electrons. The lowest BCUT2D eigenvalue weighted by atomic mass is 10.1. The number of carbonyl (C=O) groups is 1. The summed E-state index contributed by atoms with van der Waals surface area (Å²) >= 11 is 0. The van der Waals surface area contributed by atoms with Gasteiger partial charge in [0, 0.05) is 24.2 Å². The van der Waals surface area contributed by atoms with E-state index >= 15 is 0 Å². The molecule has 0 saturated carbocycles. The van der Waals surface area contributed by atoms with Crippen molar-refractivity contribution in [1.29, 1.82) is 0 Å². The van der Waals surface area contributed by atoms with Gasteiger partial charge >= 0.3 is 0 Å². The summed E-state index contributed by atoms with van der Waals surface area (Å²) in [5.74, 6) is -0.0715. The number of nitrogen functional groups attached to an aromatic ring is 1. The van der Waals surface area contributed by atoms with E-state index in [0.29, 0.717) is 11.4 Å². The monoisotopic (exact) mass is 260 g/mol. The summed E-state index contributed by atoms with van der Waals surface area (Å²) < 4.78 is 0. The smallest absolute Gasteiger partial charge is 0.274 e. The molecule has 0 bridgehead atoms. The van der Waals surface area contributed by atoms with Crippen molar-refractivity contribution in [3.8, 4) is 0 Å². The van der Waals surface area contributed by atoms with Crippen LogP contribution in [0, 0.1) is 0 Å². The Labute approximate surface area is 112 Å². The van der Waals surface area contributed by atoms with Crippen molar-refractivity contribution in [3.05, 3.63) is 23.9 Å². The maximum Gasteiger partial charge on any atom is 0.274 e. The number of nitrogens with zero attached hydrogens (tertiary/aromatic N) is 2. The average molecular weight is 260 g/mol. The van der Waals surface area contributed by atoms with Crippen molar-refractivity contribution < 1.29 is 4.79 Å². The zero-order chi connectivity index (χ0) is 14.0. The molecule has 1 aromatic heterocycles. The second-order valence-electron chi connectivity index (χ2n) is 4.93. The third-order valence-electron chi connectivity index (χ3n) is 3.48. The molecule has 0 radical (unpaired) electrons. The first-order valence-corrected chi connectivity index (χ1v) is 6.55. The highest BCUT2D eigenvalue weighted by Gasteiger charge is 2.21. The maximum atomic E-state index is 12.4. The highest BCUT2D eigenvalue weighted by molar-refractivity contribution is 6.05. The third-order valence-corrected chi connectivity index (χ3v) is 3.48. The summed E-state index contributed by atoms with van der Waals surface area (Å²) in [5.41, 5.74) is 7.67. The molecule has 0 aliphatic carbocycles. The Morgan fingerprint density at radius 2 is 2.26 bits per heavy atom. The number of aromatic amines is 1. The molecule has 1 atom stereocenters. The second kappa shape index (κ2) is 5.30. The van der Waals surface area contributed by atoms with E-state index in [1.165, 1.54) is 0 Å². The molecule has 0 aliphatic heterocycles. The molecule has 3 N–H and O–H groups in total. The van der Waals surface area contributed by atoms with Gasteiger partial charge < -0.3 is 10.6 Å². The molecule has 1 amide bonds. The summed E-state index contributed by atoms with van der Waals surface area (Å²) in [6, 6.07) is 5.61. The van der Waals surface area contributed by atoms with Crippen molar-refractivity contribution in [2.24, 2.45) is 0 Å². The molecule has 2 aromatic rings. The molecule has 5 heteroatoms. The number of anilines is 1. The number of aromatic nitrogens is 2. The molecule has 0 aliphatic rings. The number of H-pyrrole nitrogens is 1. The molecular formula is C14H20N4O. The molecule has 19 heavy (non-hydrogen) atoms. The minimum absolute atomic E-state index is 0.0715. The molecule has 1 heterocycles. The lowest BCUT2D eigenvalue weighted by Gasteiger charge is -2.23. The number of hydrogen-bond donors (Lipinski definition) is 2. The Kier molecular flexibility index (Phi) is 3.74. The summed E-state index contributed by atoms with van der Waals surface area (Å²) in [6.45, 7) is 4.16. The fourth-order valence-corrected chi connectivity index (χ4v) is 2.17. The topological polar surface area (TPSA) is 75.0 Å². The first-order chi connectivity index (χ1) is 9.04. The lowest BCUT2D eigenvalue weighted by Crippen LogP contribution is -2.35. The highest BCUT2D eigenvalue weighted by atomic mass is 16.2. The van der Waals surface area contributed by atoms with Gasteiger partial charge in [-0.2, -0.15) is 5.10 Å². The van der Waals surface area contributed by atoms with Gasteiger partial charge in [0.05, 0.1) is 5.52 Å². The van der Waals surface area contributed by atoms with Gasteiger partial charge in [-0.15, -0.1) is 0 Å². The molecule has 2 rings (SSSR count). The number of fused-ring (bicyclic) bond motifs is 1. The molecular weight excluding hydrogens is 240 g/mol. The summed E-state index contributed by atoms with van der Waals surface area (Å²) in [4.78, 5) is 14.2. The second-order valence-corrected chi connectivity index (χ2v) is 4.93. The normalized spacial score (nSPS) is 12.6. The van der Waals surface area contributed by atoms with Crippen molar-refractivity contribution in [2.75, 3.05) is 12.8 Å². The van der Waals surface area contributed by atoms with E-state index in [0.717, 1.165) is 23.7 Å². The summed E-state index contributed by atoms with van der Waals surface area (Å²) in [7, 11) is 1.81. The van der Waals surface area contributed by atoms with Gasteiger partial charge in [0.1, 0.15) is 0 Å². The van der Waals surface area contributed by atoms with Crippen molar-refractivity contribution in [1.82, 2.24) is 15.1 Å². The summed E-state index contributed by atoms with van der Waals surface area (Å²) in [6.07, 6.45) is 2.03. The van der Waals surface area contributed by atoms with Crippen LogP contribution in [0.2, 0.25) is 0 Å². The van der Waals surface area contributed by atoms with Crippen molar-refractivity contribution >= 4 is 22.5 Å². The van der Waals surface area contributed by atoms with Gasteiger partial charge in [-0.25, -0.2) is 0 Å². The Morgan fingerprint density at radius 3 is 2.95 bits per heavy atom. The minimum atomic E-state index is -0.0715. The van der Waals surface area contributed by atoms with Crippen LogP contribution in [-0.4, -0.2) is 34.1 Å². The van der Waals surface area contributed by atoms with Gasteiger partial charge in [0.25, 0.3) is 5.91 Å². The Balaban J connectivity index is 2.33. The van der Waals surface area contributed by atoms with E-state index in [1.807, 2.05) is 20.0 Å². The van der Waals surface area contributed by atoms with Crippen LogP contribution in [0.15, 0.2) is 18.2 Å². The standard InChI is InChI=1S/C14H20N4O/c1-4-5-9(2)18(3)14(19)13-11-8-10(15)6-7-12(11)16-17-13/h6-9H,4-5,15H2,1-3H3,(H,16,17). The fourth-order valence-electron chi connectivity index (χ4n) is 2.17. The van der Waals surface area contributed by atoms with Gasteiger partial charge in [0.15, 0.2) is 5.69 Å². The van der Waals surface area contributed by atoms with Gasteiger partial charge in [0.2, 0.25) is 0 Å². The lowest BCUT2D eigenvalue weighted by molar-refractivity contribution is 0.0732. The van der Waals surface area contributed by atoms with Crippen LogP contribution >= 0.6 is 0 Å². The number of carbonyl (C=O) groups excluding carboxylic acids is 1.